The van der Waals surface area contributed by atoms with E-state index < -0.39 is 0 Å². The van der Waals surface area contributed by atoms with Gasteiger partial charge in [-0.1, -0.05) is 32.8 Å². The maximum Gasteiger partial charge on any atom is 0.0372 e. The van der Waals surface area contributed by atoms with Gasteiger partial charge in [0, 0.05) is 11.9 Å². The minimum Gasteiger partial charge on any atom is -0.261 e. The van der Waals surface area contributed by atoms with Crippen LogP contribution in [0.4, 0.5) is 0 Å². The van der Waals surface area contributed by atoms with Crippen LogP contribution in [0.5, 0.6) is 0 Å². The Morgan fingerprint density at radius 2 is 2.15 bits per heavy atom. The lowest BCUT2D eigenvalue weighted by Crippen LogP contribution is -1.94. The van der Waals surface area contributed by atoms with Gasteiger partial charge in [0.25, 0.3) is 0 Å². The highest BCUT2D eigenvalue weighted by molar-refractivity contribution is 5.16. The van der Waals surface area contributed by atoms with Crippen molar-refractivity contribution in [2.24, 2.45) is 0 Å². The van der Waals surface area contributed by atoms with E-state index in [0.29, 0.717) is 5.92 Å². The topological polar surface area (TPSA) is 12.9 Å². The summed E-state index contributed by atoms with van der Waals surface area (Å²) >= 11 is 0. The van der Waals surface area contributed by atoms with E-state index >= 15 is 0 Å². The molecule has 1 aromatic rings. The van der Waals surface area contributed by atoms with Crippen LogP contribution in [0.25, 0.3) is 0 Å². The molecule has 0 saturated heterocycles. The highest BCUT2D eigenvalue weighted by Crippen LogP contribution is 2.20. The van der Waals surface area contributed by atoms with Crippen LogP contribution in [0.2, 0.25) is 0 Å². The molecule has 0 aromatic carbocycles. The summed E-state index contributed by atoms with van der Waals surface area (Å²) in [7, 11) is 0. The van der Waals surface area contributed by atoms with Gasteiger partial charge in [-0.15, -0.1) is 0 Å². The summed E-state index contributed by atoms with van der Waals surface area (Å²) in [5.41, 5.74) is 2.48. The number of unbranched alkanes of at least 4 members (excludes halogenated alkanes) is 1. The van der Waals surface area contributed by atoms with Crippen molar-refractivity contribution in [2.45, 2.75) is 46.0 Å². The molecule has 0 aliphatic heterocycles. The maximum atomic E-state index is 4.31. The van der Waals surface area contributed by atoms with Gasteiger partial charge in [-0.3, -0.25) is 4.98 Å². The molecular formula is C12H19N. The third-order valence-corrected chi connectivity index (χ3v) is 2.49. The summed E-state index contributed by atoms with van der Waals surface area (Å²) in [5, 5.41) is 0. The number of rotatable bonds is 4. The van der Waals surface area contributed by atoms with E-state index in [-0.39, 0.29) is 0 Å². The first-order valence-electron chi connectivity index (χ1n) is 5.16. The molecule has 1 heterocycles. The molecule has 1 unspecified atom stereocenters. The Balaban J connectivity index is 2.55. The van der Waals surface area contributed by atoms with Crippen LogP contribution in [0, 0.1) is 6.92 Å². The van der Waals surface area contributed by atoms with Crippen LogP contribution in [0.1, 0.15) is 50.3 Å². The molecule has 1 heteroatoms. The summed E-state index contributed by atoms with van der Waals surface area (Å²) < 4.78 is 0. The molecule has 1 nitrogen and oxygen atoms in total. The van der Waals surface area contributed by atoms with Crippen molar-refractivity contribution >= 4 is 0 Å². The molecule has 72 valence electrons. The summed E-state index contributed by atoms with van der Waals surface area (Å²) in [6, 6.07) is 4.29. The number of hydrogen-bond acceptors (Lipinski definition) is 1. The van der Waals surface area contributed by atoms with Crippen molar-refractivity contribution < 1.29 is 0 Å². The Hall–Kier alpha value is -0.850. The first-order chi connectivity index (χ1) is 6.24. The van der Waals surface area contributed by atoms with Crippen molar-refractivity contribution in [3.8, 4) is 0 Å². The average Bonchev–Trinajstić information content (AvgIpc) is 2.15. The molecule has 0 aliphatic rings. The van der Waals surface area contributed by atoms with Crippen LogP contribution >= 0.6 is 0 Å². The lowest BCUT2D eigenvalue weighted by Gasteiger charge is -2.10. The zero-order valence-corrected chi connectivity index (χ0v) is 8.88. The highest BCUT2D eigenvalue weighted by Gasteiger charge is 2.04. The summed E-state index contributed by atoms with van der Waals surface area (Å²) in [6.07, 6.45) is 5.88. The standard InChI is InChI=1S/C12H19N/c1-4-5-6-10(2)12-8-7-11(3)13-9-12/h7-10H,4-6H2,1-3H3. The number of pyridine rings is 1. The minimum absolute atomic E-state index is 0.660. The second-order valence-electron chi connectivity index (χ2n) is 3.78. The van der Waals surface area contributed by atoms with Crippen LogP contribution in [-0.2, 0) is 0 Å². The Labute approximate surface area is 81.2 Å². The second kappa shape index (κ2) is 5.00. The quantitative estimate of drug-likeness (QED) is 0.683. The Kier molecular flexibility index (Phi) is 3.94. The monoisotopic (exact) mass is 177 g/mol. The Bertz CT molecular complexity index is 238. The highest BCUT2D eigenvalue weighted by atomic mass is 14.7. The fourth-order valence-corrected chi connectivity index (χ4v) is 1.45. The van der Waals surface area contributed by atoms with Gasteiger partial charge in [-0.2, -0.15) is 0 Å². The molecule has 1 aromatic heterocycles. The molecule has 0 saturated carbocycles. The van der Waals surface area contributed by atoms with Crippen LogP contribution in [0.15, 0.2) is 18.3 Å². The van der Waals surface area contributed by atoms with E-state index in [1.807, 2.05) is 13.1 Å². The fraction of sp³-hybridized carbons (Fsp3) is 0.583. The van der Waals surface area contributed by atoms with Crippen LogP contribution < -0.4 is 0 Å². The van der Waals surface area contributed by atoms with Crippen molar-refractivity contribution in [2.75, 3.05) is 0 Å². The van der Waals surface area contributed by atoms with Gasteiger partial charge < -0.3 is 0 Å². The van der Waals surface area contributed by atoms with Crippen LogP contribution in [-0.4, -0.2) is 4.98 Å². The normalized spacial score (nSPS) is 12.8. The molecule has 1 atom stereocenters. The number of aryl methyl sites for hydroxylation is 1. The molecule has 0 amide bonds. The zero-order valence-electron chi connectivity index (χ0n) is 8.88. The predicted octanol–water partition coefficient (Wildman–Crippen LogP) is 3.68. The number of hydrogen-bond donors (Lipinski definition) is 0. The van der Waals surface area contributed by atoms with Gasteiger partial charge in [-0.25, -0.2) is 0 Å². The van der Waals surface area contributed by atoms with E-state index in [0.717, 1.165) is 5.69 Å². The average molecular weight is 177 g/mol. The van der Waals surface area contributed by atoms with E-state index in [9.17, 15) is 0 Å². The van der Waals surface area contributed by atoms with E-state index in [2.05, 4.69) is 31.0 Å². The molecule has 0 fully saturated rings. The Morgan fingerprint density at radius 1 is 1.38 bits per heavy atom. The maximum absolute atomic E-state index is 4.31. The van der Waals surface area contributed by atoms with Gasteiger partial charge in [0.2, 0.25) is 0 Å². The fourth-order valence-electron chi connectivity index (χ4n) is 1.45. The molecule has 0 N–H and O–H groups in total. The Morgan fingerprint density at radius 3 is 2.69 bits per heavy atom. The third kappa shape index (κ3) is 3.17. The van der Waals surface area contributed by atoms with Crippen LogP contribution in [0.3, 0.4) is 0 Å². The third-order valence-electron chi connectivity index (χ3n) is 2.49. The molecule has 0 spiro atoms. The molecule has 0 aliphatic carbocycles. The number of nitrogens with zero attached hydrogens (tertiary/aromatic N) is 1. The van der Waals surface area contributed by atoms with Gasteiger partial charge in [0.15, 0.2) is 0 Å². The molecule has 13 heavy (non-hydrogen) atoms. The van der Waals surface area contributed by atoms with Gasteiger partial charge in [0.05, 0.1) is 0 Å². The molecular weight excluding hydrogens is 158 g/mol. The lowest BCUT2D eigenvalue weighted by atomic mass is 9.97. The predicted molar refractivity (Wildman–Crippen MR) is 56.9 cm³/mol. The number of aromatic nitrogens is 1. The van der Waals surface area contributed by atoms with E-state index in [1.165, 1.54) is 24.8 Å². The van der Waals surface area contributed by atoms with Crippen molar-refractivity contribution in [3.05, 3.63) is 29.6 Å². The molecule has 1 rings (SSSR count). The van der Waals surface area contributed by atoms with Gasteiger partial charge >= 0.3 is 0 Å². The van der Waals surface area contributed by atoms with E-state index in [1.54, 1.807) is 0 Å². The van der Waals surface area contributed by atoms with Crippen molar-refractivity contribution in [1.29, 1.82) is 0 Å². The summed E-state index contributed by atoms with van der Waals surface area (Å²) in [4.78, 5) is 4.31. The lowest BCUT2D eigenvalue weighted by molar-refractivity contribution is 0.622. The van der Waals surface area contributed by atoms with E-state index in [4.69, 9.17) is 0 Å². The molecule has 0 bridgehead atoms. The largest absolute Gasteiger partial charge is 0.261 e. The first kappa shape index (κ1) is 10.2. The van der Waals surface area contributed by atoms with Gasteiger partial charge in [-0.05, 0) is 30.9 Å². The first-order valence-corrected chi connectivity index (χ1v) is 5.16. The SMILES string of the molecule is CCCCC(C)c1ccc(C)nc1. The minimum atomic E-state index is 0.660. The van der Waals surface area contributed by atoms with Gasteiger partial charge in [0.1, 0.15) is 0 Å². The molecule has 0 radical (unpaired) electrons. The van der Waals surface area contributed by atoms with Crippen molar-refractivity contribution in [3.63, 3.8) is 0 Å². The summed E-state index contributed by atoms with van der Waals surface area (Å²) in [5.74, 6) is 0.660. The zero-order chi connectivity index (χ0) is 9.68. The second-order valence-corrected chi connectivity index (χ2v) is 3.78. The van der Waals surface area contributed by atoms with Crippen molar-refractivity contribution in [1.82, 2.24) is 4.98 Å². The smallest absolute Gasteiger partial charge is 0.0372 e. The summed E-state index contributed by atoms with van der Waals surface area (Å²) in [6.45, 7) is 6.54.